The predicted octanol–water partition coefficient (Wildman–Crippen LogP) is 1.24. The van der Waals surface area contributed by atoms with E-state index < -0.39 is 0 Å². The third kappa shape index (κ3) is 1.61. The number of hydrogen-bond acceptors (Lipinski definition) is 3. The fourth-order valence-corrected chi connectivity index (χ4v) is 1.42. The van der Waals surface area contributed by atoms with Gasteiger partial charge in [-0.15, -0.1) is 0 Å². The van der Waals surface area contributed by atoms with Crippen LogP contribution < -0.4 is 5.73 Å². The van der Waals surface area contributed by atoms with Gasteiger partial charge in [-0.2, -0.15) is 5.10 Å². The number of aromatic nitrogens is 2. The molecule has 0 saturated carbocycles. The van der Waals surface area contributed by atoms with E-state index in [1.54, 1.807) is 0 Å². The summed E-state index contributed by atoms with van der Waals surface area (Å²) in [6.07, 6.45) is 4.77. The number of nitrogens with zero attached hydrogens (tertiary/aromatic N) is 2. The minimum Gasteiger partial charge on any atom is -0.382 e. The van der Waals surface area contributed by atoms with Gasteiger partial charge in [0, 0.05) is 12.3 Å². The number of nitrogens with one attached hydrogen (secondary N) is 1. The molecule has 0 amide bonds. The maximum atomic E-state index is 5.52. The van der Waals surface area contributed by atoms with Crippen LogP contribution in [-0.2, 0) is 0 Å². The van der Waals surface area contributed by atoms with Crippen molar-refractivity contribution in [1.82, 2.24) is 10.2 Å². The molecule has 2 rings (SSSR count). The SMILES string of the molecule is CC1CC(c2cc(N)n[nH]2)=CC=N1. The maximum absolute atomic E-state index is 5.52. The molecule has 3 N–H and O–H groups in total. The highest BCUT2D eigenvalue weighted by molar-refractivity contribution is 5.86. The summed E-state index contributed by atoms with van der Waals surface area (Å²) in [7, 11) is 0. The lowest BCUT2D eigenvalue weighted by Gasteiger charge is -2.11. The minimum absolute atomic E-state index is 0.351. The Morgan fingerprint density at radius 2 is 2.46 bits per heavy atom. The smallest absolute Gasteiger partial charge is 0.145 e. The fraction of sp³-hybridized carbons (Fsp3) is 0.333. The van der Waals surface area contributed by atoms with Crippen molar-refractivity contribution < 1.29 is 0 Å². The molecule has 0 radical (unpaired) electrons. The summed E-state index contributed by atoms with van der Waals surface area (Å²) in [5.41, 5.74) is 7.73. The summed E-state index contributed by atoms with van der Waals surface area (Å²) >= 11 is 0. The van der Waals surface area contributed by atoms with Gasteiger partial charge in [0.15, 0.2) is 0 Å². The summed E-state index contributed by atoms with van der Waals surface area (Å²) in [5.74, 6) is 0.533. The van der Waals surface area contributed by atoms with Gasteiger partial charge in [0.25, 0.3) is 0 Å². The normalized spacial score (nSPS) is 21.6. The predicted molar refractivity (Wildman–Crippen MR) is 53.5 cm³/mol. The molecule has 4 nitrogen and oxygen atoms in total. The van der Waals surface area contributed by atoms with Gasteiger partial charge >= 0.3 is 0 Å². The van der Waals surface area contributed by atoms with Crippen molar-refractivity contribution in [3.63, 3.8) is 0 Å². The second-order valence-electron chi connectivity index (χ2n) is 3.25. The van der Waals surface area contributed by atoms with Crippen molar-refractivity contribution in [2.45, 2.75) is 19.4 Å². The number of H-pyrrole nitrogens is 1. The Kier molecular flexibility index (Phi) is 1.88. The molecule has 0 aliphatic carbocycles. The number of aromatic amines is 1. The van der Waals surface area contributed by atoms with Crippen LogP contribution in [0.3, 0.4) is 0 Å². The van der Waals surface area contributed by atoms with Crippen LogP contribution in [0.2, 0.25) is 0 Å². The number of dihydropyridines is 1. The first kappa shape index (κ1) is 8.04. The van der Waals surface area contributed by atoms with Crippen molar-refractivity contribution >= 4 is 17.6 Å². The number of nitrogens with two attached hydrogens (primary N) is 1. The molecule has 13 heavy (non-hydrogen) atoms. The average Bonchev–Trinajstić information content (AvgIpc) is 2.52. The summed E-state index contributed by atoms with van der Waals surface area (Å²) in [5, 5.41) is 6.78. The molecular formula is C9H12N4. The molecule has 1 aliphatic rings. The molecular weight excluding hydrogens is 164 g/mol. The first-order valence-corrected chi connectivity index (χ1v) is 4.29. The van der Waals surface area contributed by atoms with E-state index in [4.69, 9.17) is 5.73 Å². The number of rotatable bonds is 1. The third-order valence-electron chi connectivity index (χ3n) is 2.08. The first-order valence-electron chi connectivity index (χ1n) is 4.29. The topological polar surface area (TPSA) is 67.1 Å². The van der Waals surface area contributed by atoms with E-state index in [-0.39, 0.29) is 0 Å². The Labute approximate surface area is 76.6 Å². The summed E-state index contributed by atoms with van der Waals surface area (Å²) in [6.45, 7) is 2.09. The number of nitrogen functional groups attached to an aromatic ring is 1. The summed E-state index contributed by atoms with van der Waals surface area (Å²) in [6, 6.07) is 2.20. The van der Waals surface area contributed by atoms with E-state index >= 15 is 0 Å². The van der Waals surface area contributed by atoms with Crippen molar-refractivity contribution in [2.24, 2.45) is 4.99 Å². The molecule has 0 aromatic carbocycles. The summed E-state index contributed by atoms with van der Waals surface area (Å²) in [4.78, 5) is 4.25. The molecule has 1 aromatic heterocycles. The van der Waals surface area contributed by atoms with Crippen molar-refractivity contribution in [3.05, 3.63) is 17.8 Å². The Morgan fingerprint density at radius 3 is 3.08 bits per heavy atom. The van der Waals surface area contributed by atoms with E-state index in [0.29, 0.717) is 11.9 Å². The number of allylic oxidation sites excluding steroid dienone is 1. The van der Waals surface area contributed by atoms with Crippen LogP contribution in [0, 0.1) is 0 Å². The van der Waals surface area contributed by atoms with E-state index in [0.717, 1.165) is 12.1 Å². The Balaban J connectivity index is 2.27. The van der Waals surface area contributed by atoms with Gasteiger partial charge in [-0.3, -0.25) is 10.1 Å². The lowest BCUT2D eigenvalue weighted by atomic mass is 10.0. The van der Waals surface area contributed by atoms with Crippen LogP contribution in [0.1, 0.15) is 19.0 Å². The van der Waals surface area contributed by atoms with E-state index in [1.165, 1.54) is 5.57 Å². The van der Waals surface area contributed by atoms with Crippen LogP contribution in [0.4, 0.5) is 5.82 Å². The second-order valence-corrected chi connectivity index (χ2v) is 3.25. The molecule has 1 unspecified atom stereocenters. The Hall–Kier alpha value is -1.58. The van der Waals surface area contributed by atoms with Crippen LogP contribution in [-0.4, -0.2) is 22.5 Å². The number of aliphatic imine (C=N–C) groups is 1. The van der Waals surface area contributed by atoms with Gasteiger partial charge in [0.1, 0.15) is 5.82 Å². The largest absolute Gasteiger partial charge is 0.382 e. The molecule has 68 valence electrons. The maximum Gasteiger partial charge on any atom is 0.145 e. The van der Waals surface area contributed by atoms with E-state index in [1.807, 2.05) is 18.4 Å². The zero-order valence-electron chi connectivity index (χ0n) is 7.49. The molecule has 0 saturated heterocycles. The Morgan fingerprint density at radius 1 is 1.62 bits per heavy atom. The van der Waals surface area contributed by atoms with Gasteiger partial charge in [-0.05, 0) is 25.0 Å². The fourth-order valence-electron chi connectivity index (χ4n) is 1.42. The molecule has 0 bridgehead atoms. The molecule has 0 fully saturated rings. The van der Waals surface area contributed by atoms with Gasteiger partial charge < -0.3 is 5.73 Å². The quantitative estimate of drug-likeness (QED) is 0.676. The van der Waals surface area contributed by atoms with E-state index in [9.17, 15) is 0 Å². The van der Waals surface area contributed by atoms with Crippen LogP contribution in [0.5, 0.6) is 0 Å². The minimum atomic E-state index is 0.351. The lowest BCUT2D eigenvalue weighted by Crippen LogP contribution is -2.04. The van der Waals surface area contributed by atoms with Crippen molar-refractivity contribution in [2.75, 3.05) is 5.73 Å². The second kappa shape index (κ2) is 3.05. The van der Waals surface area contributed by atoms with Gasteiger partial charge in [0.2, 0.25) is 0 Å². The van der Waals surface area contributed by atoms with Crippen LogP contribution >= 0.6 is 0 Å². The molecule has 2 heterocycles. The summed E-state index contributed by atoms with van der Waals surface area (Å²) < 4.78 is 0. The lowest BCUT2D eigenvalue weighted by molar-refractivity contribution is 0.765. The zero-order chi connectivity index (χ0) is 9.26. The van der Waals surface area contributed by atoms with Gasteiger partial charge in [-0.25, -0.2) is 0 Å². The molecule has 4 heteroatoms. The average molecular weight is 176 g/mol. The number of hydrogen-bond donors (Lipinski definition) is 2. The van der Waals surface area contributed by atoms with Gasteiger partial charge in [-0.1, -0.05) is 0 Å². The highest BCUT2D eigenvalue weighted by atomic mass is 15.2. The molecule has 1 aliphatic heterocycles. The van der Waals surface area contributed by atoms with Crippen molar-refractivity contribution in [3.8, 4) is 0 Å². The van der Waals surface area contributed by atoms with Crippen LogP contribution in [0.15, 0.2) is 17.1 Å². The van der Waals surface area contributed by atoms with E-state index in [2.05, 4.69) is 22.1 Å². The molecule has 1 aromatic rings. The molecule has 1 atom stereocenters. The van der Waals surface area contributed by atoms with Crippen LogP contribution in [0.25, 0.3) is 5.57 Å². The van der Waals surface area contributed by atoms with Gasteiger partial charge in [0.05, 0.1) is 11.7 Å². The number of anilines is 1. The zero-order valence-corrected chi connectivity index (χ0v) is 7.49. The first-order chi connectivity index (χ1) is 6.25. The molecule has 0 spiro atoms. The standard InChI is InChI=1S/C9H12N4/c1-6-4-7(2-3-11-6)8-5-9(10)13-12-8/h2-3,5-6H,4H2,1H3,(H3,10,12,13). The monoisotopic (exact) mass is 176 g/mol. The Bertz CT molecular complexity index is 361. The third-order valence-corrected chi connectivity index (χ3v) is 2.08. The highest BCUT2D eigenvalue weighted by Gasteiger charge is 2.10. The van der Waals surface area contributed by atoms with Crippen molar-refractivity contribution in [1.29, 1.82) is 0 Å². The highest BCUT2D eigenvalue weighted by Crippen LogP contribution is 2.22.